The Bertz CT molecular complexity index is 1520. The zero-order valence-corrected chi connectivity index (χ0v) is 18.0. The lowest BCUT2D eigenvalue weighted by atomic mass is 9.96. The average molecular weight is 427 g/mol. The highest BCUT2D eigenvalue weighted by molar-refractivity contribution is 5.80. The molecule has 0 atom stereocenters. The van der Waals surface area contributed by atoms with Gasteiger partial charge in [0, 0.05) is 5.56 Å². The molecule has 6 aromatic rings. The largest absolute Gasteiger partial charge is 0.338 e. The lowest BCUT2D eigenvalue weighted by Gasteiger charge is -2.08. The van der Waals surface area contributed by atoms with E-state index in [1.807, 2.05) is 42.5 Å². The average Bonchev–Trinajstić information content (AvgIpc) is 3.48. The summed E-state index contributed by atoms with van der Waals surface area (Å²) in [5, 5.41) is 0. The van der Waals surface area contributed by atoms with Gasteiger partial charge in [0.05, 0.1) is 22.1 Å². The standard InChI is InChI=1S/C29H22N4/c1-2-10-23(20(8-1)9-7-15-28-30-24-11-3-4-12-25(24)31-28)21-16-18-22(19-17-21)29-32-26-13-5-6-14-27(26)33-29/h1-8,10-19H,9H2,(H,30,31)(H,32,33). The third-order valence-corrected chi connectivity index (χ3v) is 5.90. The van der Waals surface area contributed by atoms with Crippen LogP contribution in [0.25, 0.3) is 50.7 Å². The first-order valence-electron chi connectivity index (χ1n) is 11.1. The van der Waals surface area contributed by atoms with Gasteiger partial charge in [0.1, 0.15) is 11.6 Å². The number of imidazole rings is 2. The number of rotatable bonds is 5. The molecule has 4 heteroatoms. The van der Waals surface area contributed by atoms with Crippen molar-refractivity contribution in [1.82, 2.24) is 19.9 Å². The summed E-state index contributed by atoms with van der Waals surface area (Å²) in [4.78, 5) is 16.1. The van der Waals surface area contributed by atoms with E-state index < -0.39 is 0 Å². The van der Waals surface area contributed by atoms with E-state index in [0.717, 1.165) is 45.7 Å². The van der Waals surface area contributed by atoms with Crippen LogP contribution in [0, 0.1) is 0 Å². The molecular weight excluding hydrogens is 404 g/mol. The van der Waals surface area contributed by atoms with Crippen molar-refractivity contribution in [2.75, 3.05) is 0 Å². The SMILES string of the molecule is C(=Cc1nc2ccccc2[nH]1)Cc1ccccc1-c1ccc(-c2nc3ccccc3[nH]2)cc1. The van der Waals surface area contributed by atoms with Crippen LogP contribution in [-0.4, -0.2) is 19.9 Å². The molecule has 6 rings (SSSR count). The molecule has 158 valence electrons. The summed E-state index contributed by atoms with van der Waals surface area (Å²) >= 11 is 0. The van der Waals surface area contributed by atoms with Gasteiger partial charge < -0.3 is 9.97 Å². The van der Waals surface area contributed by atoms with Crippen LogP contribution in [-0.2, 0) is 6.42 Å². The number of fused-ring (bicyclic) bond motifs is 2. The predicted octanol–water partition coefficient (Wildman–Crippen LogP) is 7.03. The highest BCUT2D eigenvalue weighted by atomic mass is 14.9. The lowest BCUT2D eigenvalue weighted by molar-refractivity contribution is 1.25. The zero-order valence-electron chi connectivity index (χ0n) is 18.0. The van der Waals surface area contributed by atoms with Crippen LogP contribution in [0.5, 0.6) is 0 Å². The molecule has 33 heavy (non-hydrogen) atoms. The molecule has 0 spiro atoms. The number of hydrogen-bond donors (Lipinski definition) is 2. The monoisotopic (exact) mass is 426 g/mol. The van der Waals surface area contributed by atoms with Crippen LogP contribution >= 0.6 is 0 Å². The van der Waals surface area contributed by atoms with E-state index in [4.69, 9.17) is 4.98 Å². The Labute approximate surface area is 191 Å². The van der Waals surface area contributed by atoms with Gasteiger partial charge >= 0.3 is 0 Å². The van der Waals surface area contributed by atoms with Crippen molar-refractivity contribution in [2.45, 2.75) is 6.42 Å². The molecule has 0 aliphatic heterocycles. The van der Waals surface area contributed by atoms with Gasteiger partial charge in [0.2, 0.25) is 0 Å². The molecular formula is C29H22N4. The van der Waals surface area contributed by atoms with E-state index in [-0.39, 0.29) is 0 Å². The van der Waals surface area contributed by atoms with E-state index in [1.165, 1.54) is 16.7 Å². The molecule has 0 saturated heterocycles. The second-order valence-corrected chi connectivity index (χ2v) is 8.08. The van der Waals surface area contributed by atoms with Crippen molar-refractivity contribution in [3.8, 4) is 22.5 Å². The second-order valence-electron chi connectivity index (χ2n) is 8.08. The molecule has 0 radical (unpaired) electrons. The van der Waals surface area contributed by atoms with Crippen molar-refractivity contribution in [2.24, 2.45) is 0 Å². The third kappa shape index (κ3) is 3.83. The zero-order chi connectivity index (χ0) is 22.0. The van der Waals surface area contributed by atoms with Crippen molar-refractivity contribution >= 4 is 28.1 Å². The first-order valence-corrected chi connectivity index (χ1v) is 11.1. The van der Waals surface area contributed by atoms with Crippen molar-refractivity contribution < 1.29 is 0 Å². The molecule has 0 bridgehead atoms. The van der Waals surface area contributed by atoms with Crippen LogP contribution in [0.15, 0.2) is 103 Å². The fourth-order valence-electron chi connectivity index (χ4n) is 4.23. The number of allylic oxidation sites excluding steroid dienone is 1. The first-order chi connectivity index (χ1) is 16.3. The Morgan fingerprint density at radius 3 is 2.00 bits per heavy atom. The Morgan fingerprint density at radius 2 is 1.24 bits per heavy atom. The van der Waals surface area contributed by atoms with Crippen LogP contribution in [0.3, 0.4) is 0 Å². The topological polar surface area (TPSA) is 57.4 Å². The van der Waals surface area contributed by atoms with Gasteiger partial charge in [0.15, 0.2) is 0 Å². The summed E-state index contributed by atoms with van der Waals surface area (Å²) in [6.45, 7) is 0. The summed E-state index contributed by atoms with van der Waals surface area (Å²) in [5.41, 5.74) is 8.88. The van der Waals surface area contributed by atoms with E-state index >= 15 is 0 Å². The molecule has 0 fully saturated rings. The van der Waals surface area contributed by atoms with E-state index in [1.54, 1.807) is 0 Å². The summed E-state index contributed by atoms with van der Waals surface area (Å²) in [7, 11) is 0. The number of nitrogens with zero attached hydrogens (tertiary/aromatic N) is 2. The maximum absolute atomic E-state index is 4.71. The molecule has 0 amide bonds. The summed E-state index contributed by atoms with van der Waals surface area (Å²) < 4.78 is 0. The van der Waals surface area contributed by atoms with E-state index in [9.17, 15) is 0 Å². The Kier molecular flexibility index (Phi) is 4.81. The highest BCUT2D eigenvalue weighted by Crippen LogP contribution is 2.28. The molecule has 0 aliphatic rings. The van der Waals surface area contributed by atoms with Crippen molar-refractivity contribution in [3.05, 3.63) is 115 Å². The minimum Gasteiger partial charge on any atom is -0.338 e. The van der Waals surface area contributed by atoms with Crippen molar-refractivity contribution in [3.63, 3.8) is 0 Å². The molecule has 0 unspecified atom stereocenters. The predicted molar refractivity (Wildman–Crippen MR) is 136 cm³/mol. The number of aromatic amines is 2. The third-order valence-electron chi connectivity index (χ3n) is 5.90. The van der Waals surface area contributed by atoms with Gasteiger partial charge in [-0.05, 0) is 53.5 Å². The second kappa shape index (κ2) is 8.24. The van der Waals surface area contributed by atoms with Crippen LogP contribution < -0.4 is 0 Å². The summed E-state index contributed by atoms with van der Waals surface area (Å²) in [5.74, 6) is 1.77. The first kappa shape index (κ1) is 19.3. The van der Waals surface area contributed by atoms with E-state index in [2.05, 4.69) is 81.7 Å². The summed E-state index contributed by atoms with van der Waals surface area (Å²) in [6, 6.07) is 33.4. The number of benzene rings is 4. The molecule has 4 aromatic carbocycles. The minimum atomic E-state index is 0.832. The van der Waals surface area contributed by atoms with E-state index in [0.29, 0.717) is 0 Å². The van der Waals surface area contributed by atoms with Crippen LogP contribution in [0.2, 0.25) is 0 Å². The van der Waals surface area contributed by atoms with Crippen LogP contribution in [0.4, 0.5) is 0 Å². The molecule has 2 N–H and O–H groups in total. The van der Waals surface area contributed by atoms with Gasteiger partial charge in [0.25, 0.3) is 0 Å². The molecule has 0 aliphatic carbocycles. The Balaban J connectivity index is 1.24. The number of para-hydroxylation sites is 4. The van der Waals surface area contributed by atoms with Crippen LogP contribution in [0.1, 0.15) is 11.4 Å². The number of hydrogen-bond acceptors (Lipinski definition) is 2. The minimum absolute atomic E-state index is 0.832. The number of H-pyrrole nitrogens is 2. The molecule has 0 saturated carbocycles. The van der Waals surface area contributed by atoms with Gasteiger partial charge in [-0.25, -0.2) is 9.97 Å². The normalized spacial score (nSPS) is 11.6. The number of nitrogens with one attached hydrogen (secondary N) is 2. The summed E-state index contributed by atoms with van der Waals surface area (Å²) in [6.07, 6.45) is 5.05. The molecule has 4 nitrogen and oxygen atoms in total. The van der Waals surface area contributed by atoms with Gasteiger partial charge in [-0.15, -0.1) is 0 Å². The van der Waals surface area contributed by atoms with Gasteiger partial charge in [-0.2, -0.15) is 0 Å². The number of aromatic nitrogens is 4. The Hall–Kier alpha value is -4.44. The maximum atomic E-state index is 4.71. The molecule has 2 aromatic heterocycles. The highest BCUT2D eigenvalue weighted by Gasteiger charge is 2.07. The molecule has 2 heterocycles. The quantitative estimate of drug-likeness (QED) is 0.311. The lowest BCUT2D eigenvalue weighted by Crippen LogP contribution is -1.89. The fraction of sp³-hybridized carbons (Fsp3) is 0.0345. The van der Waals surface area contributed by atoms with Gasteiger partial charge in [-0.1, -0.05) is 78.9 Å². The maximum Gasteiger partial charge on any atom is 0.138 e. The van der Waals surface area contributed by atoms with Gasteiger partial charge in [-0.3, -0.25) is 0 Å². The fourth-order valence-corrected chi connectivity index (χ4v) is 4.23. The Morgan fingerprint density at radius 1 is 0.606 bits per heavy atom. The smallest absolute Gasteiger partial charge is 0.138 e. The van der Waals surface area contributed by atoms with Crippen molar-refractivity contribution in [1.29, 1.82) is 0 Å².